The summed E-state index contributed by atoms with van der Waals surface area (Å²) in [4.78, 5) is 34.1. The van der Waals surface area contributed by atoms with Gasteiger partial charge >= 0.3 is 5.24 Å². The summed E-state index contributed by atoms with van der Waals surface area (Å²) in [7, 11) is -1.93. The molecule has 1 saturated heterocycles. The molecular weight excluding hydrogens is 644 g/mol. The first kappa shape index (κ1) is 33.7. The van der Waals surface area contributed by atoms with Gasteiger partial charge in [0.1, 0.15) is 11.6 Å². The van der Waals surface area contributed by atoms with E-state index in [1.807, 2.05) is 36.4 Å². The third-order valence-corrected chi connectivity index (χ3v) is 8.75. The van der Waals surface area contributed by atoms with Gasteiger partial charge in [-0.15, -0.1) is 0 Å². The van der Waals surface area contributed by atoms with Crippen molar-refractivity contribution >= 4 is 50.2 Å². The van der Waals surface area contributed by atoms with Crippen molar-refractivity contribution < 1.29 is 27.1 Å². The fourth-order valence-electron chi connectivity index (χ4n) is 5.19. The molecule has 1 aliphatic heterocycles. The molecule has 0 aliphatic carbocycles. The Balaban J connectivity index is 1.16. The summed E-state index contributed by atoms with van der Waals surface area (Å²) in [6.07, 6.45) is 4.39. The standard InChI is InChI=1S/C33H35FN6O5S2/c1-35-32(41)29-20-25(11-14-30(29)34)37-46-33(42)40(26-6-4-3-5-7-26)27-16-18-39(19-17-27)22-23-8-15-31(36-21-23)45-28-12-9-24(10-13-28)38-47(2,43)44/h3-15,20-21,27,37-38H,16-19,22H2,1-2H3,(H,35,41). The molecule has 11 nitrogen and oxygen atoms in total. The molecule has 2 heterocycles. The summed E-state index contributed by atoms with van der Waals surface area (Å²) >= 11 is 0.890. The Hall–Kier alpha value is -4.66. The van der Waals surface area contributed by atoms with Crippen LogP contribution in [0.4, 0.5) is 26.2 Å². The van der Waals surface area contributed by atoms with Crippen LogP contribution >= 0.6 is 11.9 Å². The molecule has 3 aromatic carbocycles. The summed E-state index contributed by atoms with van der Waals surface area (Å²) in [6.45, 7) is 2.25. The highest BCUT2D eigenvalue weighted by Crippen LogP contribution is 2.29. The van der Waals surface area contributed by atoms with E-state index in [0.29, 0.717) is 29.5 Å². The smallest absolute Gasteiger partial charge is 0.306 e. The van der Waals surface area contributed by atoms with Crippen LogP contribution in [0.15, 0.2) is 91.1 Å². The highest BCUT2D eigenvalue weighted by molar-refractivity contribution is 8.15. The van der Waals surface area contributed by atoms with Gasteiger partial charge in [0.15, 0.2) is 0 Å². The Bertz CT molecular complexity index is 1790. The van der Waals surface area contributed by atoms with E-state index in [1.165, 1.54) is 25.2 Å². The predicted molar refractivity (Wildman–Crippen MR) is 183 cm³/mol. The highest BCUT2D eigenvalue weighted by Gasteiger charge is 2.30. The minimum Gasteiger partial charge on any atom is -0.439 e. The SMILES string of the molecule is CNC(=O)c1cc(NSC(=O)N(c2ccccc2)C2CCN(Cc3ccc(Oc4ccc(NS(C)(=O)=O)cc4)nc3)CC2)ccc1F. The third kappa shape index (κ3) is 9.44. The lowest BCUT2D eigenvalue weighted by Gasteiger charge is -2.38. The van der Waals surface area contributed by atoms with Crippen molar-refractivity contribution in [3.05, 3.63) is 108 Å². The summed E-state index contributed by atoms with van der Waals surface area (Å²) in [6, 6.07) is 23.8. The zero-order valence-electron chi connectivity index (χ0n) is 25.9. The molecule has 3 N–H and O–H groups in total. The van der Waals surface area contributed by atoms with E-state index in [0.717, 1.165) is 55.4 Å². The minimum absolute atomic E-state index is 0.0296. The minimum atomic E-state index is -3.36. The number of pyridine rings is 1. The zero-order valence-corrected chi connectivity index (χ0v) is 27.5. The van der Waals surface area contributed by atoms with E-state index in [4.69, 9.17) is 4.74 Å². The van der Waals surface area contributed by atoms with E-state index >= 15 is 0 Å². The number of likely N-dealkylation sites (tertiary alicyclic amines) is 1. The van der Waals surface area contributed by atoms with Gasteiger partial charge < -0.3 is 14.8 Å². The lowest BCUT2D eigenvalue weighted by molar-refractivity contribution is 0.0959. The first-order valence-corrected chi connectivity index (χ1v) is 17.5. The number of halogens is 1. The van der Waals surface area contributed by atoms with Gasteiger partial charge in [0.25, 0.3) is 5.91 Å². The number of amides is 2. The van der Waals surface area contributed by atoms with E-state index in [2.05, 4.69) is 24.6 Å². The van der Waals surface area contributed by atoms with Gasteiger partial charge in [-0.05, 0) is 73.0 Å². The maximum Gasteiger partial charge on any atom is 0.306 e. The molecule has 0 saturated carbocycles. The van der Waals surface area contributed by atoms with Crippen molar-refractivity contribution in [2.24, 2.45) is 0 Å². The van der Waals surface area contributed by atoms with Crippen LogP contribution in [0.3, 0.4) is 0 Å². The number of hydrogen-bond donors (Lipinski definition) is 3. The van der Waals surface area contributed by atoms with Crippen molar-refractivity contribution in [3.63, 3.8) is 0 Å². The molecule has 0 spiro atoms. The number of hydrogen-bond acceptors (Lipinski definition) is 9. The number of aromatic nitrogens is 1. The Morgan fingerprint density at radius 1 is 1.00 bits per heavy atom. The van der Waals surface area contributed by atoms with Gasteiger partial charge in [-0.2, -0.15) is 0 Å². The first-order valence-electron chi connectivity index (χ1n) is 14.8. The van der Waals surface area contributed by atoms with Crippen LogP contribution in [0.25, 0.3) is 0 Å². The number of ether oxygens (including phenoxy) is 1. The number of benzene rings is 3. The largest absolute Gasteiger partial charge is 0.439 e. The third-order valence-electron chi connectivity index (χ3n) is 7.43. The van der Waals surface area contributed by atoms with Crippen molar-refractivity contribution in [2.45, 2.75) is 25.4 Å². The normalized spacial score (nSPS) is 13.9. The van der Waals surface area contributed by atoms with Gasteiger partial charge in [0.2, 0.25) is 15.9 Å². The zero-order chi connectivity index (χ0) is 33.4. The van der Waals surface area contributed by atoms with Crippen molar-refractivity contribution in [2.75, 3.05) is 40.7 Å². The molecule has 1 aromatic heterocycles. The molecule has 4 aromatic rings. The fraction of sp³-hybridized carbons (Fsp3) is 0.242. The predicted octanol–water partition coefficient (Wildman–Crippen LogP) is 6.10. The van der Waals surface area contributed by atoms with Crippen LogP contribution in [0.2, 0.25) is 0 Å². The Labute approximate surface area is 277 Å². The van der Waals surface area contributed by atoms with Gasteiger partial charge in [0.05, 0.1) is 11.8 Å². The van der Waals surface area contributed by atoms with E-state index in [9.17, 15) is 22.4 Å². The van der Waals surface area contributed by atoms with Crippen molar-refractivity contribution in [3.8, 4) is 11.6 Å². The number of para-hydroxylation sites is 1. The van der Waals surface area contributed by atoms with Crippen LogP contribution in [-0.4, -0.2) is 61.9 Å². The number of carbonyl (C=O) groups is 2. The second-order valence-electron chi connectivity index (χ2n) is 11.0. The molecule has 14 heteroatoms. The molecule has 47 heavy (non-hydrogen) atoms. The molecule has 0 atom stereocenters. The monoisotopic (exact) mass is 678 g/mol. The van der Waals surface area contributed by atoms with Crippen molar-refractivity contribution in [1.82, 2.24) is 15.2 Å². The van der Waals surface area contributed by atoms with Crippen LogP contribution < -0.4 is 24.4 Å². The maximum absolute atomic E-state index is 14.1. The van der Waals surface area contributed by atoms with Gasteiger partial charge in [-0.1, -0.05) is 24.3 Å². The maximum atomic E-state index is 14.1. The van der Waals surface area contributed by atoms with Crippen LogP contribution in [-0.2, 0) is 16.6 Å². The second-order valence-corrected chi connectivity index (χ2v) is 13.5. The molecule has 0 unspecified atom stereocenters. The molecule has 0 bridgehead atoms. The number of rotatable bonds is 11. The van der Waals surface area contributed by atoms with Crippen LogP contribution in [0.5, 0.6) is 11.6 Å². The molecule has 5 rings (SSSR count). The molecule has 1 fully saturated rings. The van der Waals surface area contributed by atoms with Gasteiger partial charge in [-0.3, -0.25) is 24.1 Å². The number of anilines is 3. The summed E-state index contributed by atoms with van der Waals surface area (Å²) in [5.41, 5.74) is 2.59. The number of nitrogens with one attached hydrogen (secondary N) is 3. The molecular formula is C33H35FN6O5S2. The number of nitrogens with zero attached hydrogens (tertiary/aromatic N) is 3. The van der Waals surface area contributed by atoms with E-state index in [-0.39, 0.29) is 16.8 Å². The fourth-order valence-corrected chi connectivity index (χ4v) is 6.44. The van der Waals surface area contributed by atoms with E-state index < -0.39 is 21.7 Å². The summed E-state index contributed by atoms with van der Waals surface area (Å²) < 4.78 is 48.1. The van der Waals surface area contributed by atoms with Gasteiger partial charge in [0, 0.05) is 74.0 Å². The molecule has 1 aliphatic rings. The van der Waals surface area contributed by atoms with E-state index in [1.54, 1.807) is 41.4 Å². The molecule has 2 amide bonds. The highest BCUT2D eigenvalue weighted by atomic mass is 32.2. The molecule has 246 valence electrons. The number of piperidine rings is 1. The molecule has 0 radical (unpaired) electrons. The first-order chi connectivity index (χ1) is 22.6. The number of sulfonamides is 1. The van der Waals surface area contributed by atoms with Crippen LogP contribution in [0.1, 0.15) is 28.8 Å². The average Bonchev–Trinajstić information content (AvgIpc) is 3.06. The summed E-state index contributed by atoms with van der Waals surface area (Å²) in [5.74, 6) is -0.236. The average molecular weight is 679 g/mol. The Kier molecular flexibility index (Phi) is 11.0. The lowest BCUT2D eigenvalue weighted by Crippen LogP contribution is -2.46. The van der Waals surface area contributed by atoms with Crippen molar-refractivity contribution in [1.29, 1.82) is 0 Å². The van der Waals surface area contributed by atoms with Gasteiger partial charge in [-0.25, -0.2) is 17.8 Å². The Morgan fingerprint density at radius 2 is 1.70 bits per heavy atom. The Morgan fingerprint density at radius 3 is 2.34 bits per heavy atom. The topological polar surface area (TPSA) is 133 Å². The second kappa shape index (κ2) is 15.3. The summed E-state index contributed by atoms with van der Waals surface area (Å²) in [5, 5.41) is 2.21. The van der Waals surface area contributed by atoms with Crippen LogP contribution in [0, 0.1) is 5.82 Å². The quantitative estimate of drug-likeness (QED) is 0.161. The lowest BCUT2D eigenvalue weighted by atomic mass is 10.0. The number of carbonyl (C=O) groups excluding carboxylic acids is 2.